The van der Waals surface area contributed by atoms with Gasteiger partial charge in [0, 0.05) is 18.0 Å². The summed E-state index contributed by atoms with van der Waals surface area (Å²) in [5, 5.41) is 7.30. The molecule has 11 heteroatoms. The number of nitrogens with zero attached hydrogens (tertiary/aromatic N) is 2. The maximum absolute atomic E-state index is 13.3. The predicted octanol–water partition coefficient (Wildman–Crippen LogP) is 4.67. The number of benzene rings is 1. The van der Waals surface area contributed by atoms with E-state index in [1.807, 2.05) is 5.38 Å². The molecular formula is C17H14F3N3O2S3. The van der Waals surface area contributed by atoms with Crippen molar-refractivity contribution in [3.8, 4) is 0 Å². The number of rotatable bonds is 5. The third kappa shape index (κ3) is 3.61. The van der Waals surface area contributed by atoms with Crippen molar-refractivity contribution in [2.45, 2.75) is 22.8 Å². The van der Waals surface area contributed by atoms with E-state index in [1.165, 1.54) is 34.9 Å². The Morgan fingerprint density at radius 1 is 1.18 bits per heavy atom. The normalized spacial score (nSPS) is 16.6. The van der Waals surface area contributed by atoms with Gasteiger partial charge in [-0.25, -0.2) is 13.4 Å². The molecule has 0 radical (unpaired) electrons. The average molecular weight is 446 g/mol. The highest BCUT2D eigenvalue weighted by atomic mass is 32.2. The van der Waals surface area contributed by atoms with Gasteiger partial charge < -0.3 is 5.32 Å². The summed E-state index contributed by atoms with van der Waals surface area (Å²) in [6.07, 6.45) is -2.52. The lowest BCUT2D eigenvalue weighted by atomic mass is 10.1. The lowest BCUT2D eigenvalue weighted by molar-refractivity contribution is -0.117. The predicted molar refractivity (Wildman–Crippen MR) is 104 cm³/mol. The Morgan fingerprint density at radius 3 is 2.64 bits per heavy atom. The first-order valence-electron chi connectivity index (χ1n) is 8.16. The van der Waals surface area contributed by atoms with Crippen molar-refractivity contribution in [3.05, 3.63) is 57.9 Å². The summed E-state index contributed by atoms with van der Waals surface area (Å²) in [5.74, 6) is 0. The molecule has 2 aromatic heterocycles. The lowest BCUT2D eigenvalue weighted by Crippen LogP contribution is -2.39. The van der Waals surface area contributed by atoms with Gasteiger partial charge in [0.05, 0.1) is 17.4 Å². The highest BCUT2D eigenvalue weighted by molar-refractivity contribution is 7.94. The molecule has 0 saturated carbocycles. The van der Waals surface area contributed by atoms with Gasteiger partial charge in [0.25, 0.3) is 10.0 Å². The van der Waals surface area contributed by atoms with Gasteiger partial charge in [-0.2, -0.15) is 13.2 Å². The second-order valence-electron chi connectivity index (χ2n) is 6.14. The Kier molecular flexibility index (Phi) is 4.84. The maximum atomic E-state index is 13.3. The van der Waals surface area contributed by atoms with Gasteiger partial charge in [-0.05, 0) is 23.1 Å². The summed E-state index contributed by atoms with van der Waals surface area (Å²) < 4.78 is 66.1. The molecule has 0 spiro atoms. The smallest absolute Gasteiger partial charge is 0.374 e. The molecule has 148 valence electrons. The van der Waals surface area contributed by atoms with Crippen LogP contribution in [0.1, 0.15) is 16.6 Å². The number of thiazole rings is 1. The van der Waals surface area contributed by atoms with Crippen LogP contribution >= 0.6 is 22.7 Å². The summed E-state index contributed by atoms with van der Waals surface area (Å²) in [6.45, 7) is -1.60. The summed E-state index contributed by atoms with van der Waals surface area (Å²) >= 11 is 2.32. The number of thiophene rings is 1. The number of anilines is 2. The molecule has 0 saturated heterocycles. The molecule has 4 rings (SSSR count). The minimum absolute atomic E-state index is 0.0118. The molecule has 5 nitrogen and oxygen atoms in total. The Balaban J connectivity index is 1.78. The fourth-order valence-corrected chi connectivity index (χ4v) is 6.37. The van der Waals surface area contributed by atoms with Gasteiger partial charge in [0.15, 0.2) is 0 Å². The Morgan fingerprint density at radius 2 is 2.00 bits per heavy atom. The van der Waals surface area contributed by atoms with E-state index < -0.39 is 22.7 Å². The van der Waals surface area contributed by atoms with Crippen molar-refractivity contribution in [1.82, 2.24) is 4.98 Å². The van der Waals surface area contributed by atoms with Crippen molar-refractivity contribution in [1.29, 1.82) is 0 Å². The summed E-state index contributed by atoms with van der Waals surface area (Å²) in [4.78, 5) is 4.25. The second-order valence-corrected chi connectivity index (χ2v) is 10.1. The molecule has 3 aromatic rings. The van der Waals surface area contributed by atoms with Crippen molar-refractivity contribution >= 4 is 44.1 Å². The molecule has 1 aliphatic heterocycles. The van der Waals surface area contributed by atoms with Crippen LogP contribution in [0.3, 0.4) is 0 Å². The number of alkyl halides is 3. The van der Waals surface area contributed by atoms with E-state index in [1.54, 1.807) is 18.3 Å². The van der Waals surface area contributed by atoms with Gasteiger partial charge in [0.1, 0.15) is 15.8 Å². The van der Waals surface area contributed by atoms with Crippen LogP contribution in [0.25, 0.3) is 0 Å². The van der Waals surface area contributed by atoms with Gasteiger partial charge >= 0.3 is 6.18 Å². The molecule has 3 heterocycles. The Hall–Kier alpha value is -2.11. The minimum Gasteiger partial charge on any atom is -0.374 e. The molecule has 0 aliphatic carbocycles. The first-order valence-corrected chi connectivity index (χ1v) is 11.4. The van der Waals surface area contributed by atoms with E-state index in [2.05, 4.69) is 10.3 Å². The third-order valence-electron chi connectivity index (χ3n) is 4.25. The molecule has 1 aliphatic rings. The number of aromatic nitrogens is 1. The molecule has 0 amide bonds. The van der Waals surface area contributed by atoms with E-state index in [9.17, 15) is 21.6 Å². The van der Waals surface area contributed by atoms with Gasteiger partial charge in [-0.15, -0.1) is 22.7 Å². The van der Waals surface area contributed by atoms with Crippen molar-refractivity contribution < 1.29 is 21.6 Å². The van der Waals surface area contributed by atoms with Crippen molar-refractivity contribution in [2.75, 3.05) is 16.2 Å². The SMILES string of the molecule is O=S(=O)(c1cccs1)N(CC(F)(F)F)c1cccc2c1NC(c1nccs1)C2. The van der Waals surface area contributed by atoms with Crippen LogP contribution in [0.2, 0.25) is 0 Å². The fourth-order valence-electron chi connectivity index (χ4n) is 3.11. The maximum Gasteiger partial charge on any atom is 0.407 e. The monoisotopic (exact) mass is 445 g/mol. The van der Waals surface area contributed by atoms with Gasteiger partial charge in [-0.1, -0.05) is 18.2 Å². The zero-order valence-corrected chi connectivity index (χ0v) is 16.6. The molecule has 28 heavy (non-hydrogen) atoms. The summed E-state index contributed by atoms with van der Waals surface area (Å²) in [6, 6.07) is 7.35. The lowest BCUT2D eigenvalue weighted by Gasteiger charge is -2.27. The van der Waals surface area contributed by atoms with Gasteiger partial charge in [-0.3, -0.25) is 4.31 Å². The molecule has 0 fully saturated rings. The number of sulfonamides is 1. The van der Waals surface area contributed by atoms with E-state index in [0.717, 1.165) is 21.9 Å². The molecular weight excluding hydrogens is 431 g/mol. The molecule has 0 bridgehead atoms. The van der Waals surface area contributed by atoms with Crippen molar-refractivity contribution in [3.63, 3.8) is 0 Å². The number of halogens is 3. The molecule has 1 unspecified atom stereocenters. The number of hydrogen-bond donors (Lipinski definition) is 1. The topological polar surface area (TPSA) is 62.3 Å². The summed E-state index contributed by atoms with van der Waals surface area (Å²) in [5.41, 5.74) is 1.14. The minimum atomic E-state index is -4.69. The van der Waals surface area contributed by atoms with Gasteiger partial charge in [0.2, 0.25) is 0 Å². The van der Waals surface area contributed by atoms with Crippen LogP contribution in [0, 0.1) is 0 Å². The number of para-hydroxylation sites is 1. The van der Waals surface area contributed by atoms with Crippen molar-refractivity contribution in [2.24, 2.45) is 0 Å². The van der Waals surface area contributed by atoms with Crippen LogP contribution in [0.15, 0.2) is 51.5 Å². The van der Waals surface area contributed by atoms with E-state index >= 15 is 0 Å². The first kappa shape index (κ1) is 19.2. The highest BCUT2D eigenvalue weighted by Crippen LogP contribution is 2.43. The van der Waals surface area contributed by atoms with E-state index in [-0.39, 0.29) is 15.9 Å². The quantitative estimate of drug-likeness (QED) is 0.620. The number of fused-ring (bicyclic) bond motifs is 1. The van der Waals surface area contributed by atoms with Crippen LogP contribution in [0.4, 0.5) is 24.5 Å². The third-order valence-corrected chi connectivity index (χ3v) is 8.27. The standard InChI is InChI=1S/C17H14F3N3O2S3/c18-17(19,20)10-23(28(24,25)14-5-2-7-26-14)13-4-1-3-11-9-12(22-15(11)13)16-21-6-8-27-16/h1-8,12,22H,9-10H2. The Bertz CT molecular complexity index is 1070. The zero-order chi connectivity index (χ0) is 19.9. The second kappa shape index (κ2) is 7.05. The molecule has 1 atom stereocenters. The first-order chi connectivity index (χ1) is 13.3. The van der Waals surface area contributed by atoms with Crippen LogP contribution in [-0.2, 0) is 16.4 Å². The number of hydrogen-bond acceptors (Lipinski definition) is 6. The van der Waals surface area contributed by atoms with E-state index in [4.69, 9.17) is 0 Å². The van der Waals surface area contributed by atoms with Crippen LogP contribution in [0.5, 0.6) is 0 Å². The number of nitrogens with one attached hydrogen (secondary N) is 1. The molecule has 1 aromatic carbocycles. The van der Waals surface area contributed by atoms with E-state index in [0.29, 0.717) is 16.4 Å². The zero-order valence-electron chi connectivity index (χ0n) is 14.2. The average Bonchev–Trinajstić information content (AvgIpc) is 3.39. The largest absolute Gasteiger partial charge is 0.407 e. The highest BCUT2D eigenvalue weighted by Gasteiger charge is 2.40. The fraction of sp³-hybridized carbons (Fsp3) is 0.235. The molecule has 1 N–H and O–H groups in total. The Labute approximate surface area is 167 Å². The van der Waals surface area contributed by atoms with Crippen LogP contribution in [-0.4, -0.2) is 26.1 Å². The summed E-state index contributed by atoms with van der Waals surface area (Å²) in [7, 11) is -4.36. The van der Waals surface area contributed by atoms with Crippen LogP contribution < -0.4 is 9.62 Å².